The average molecular weight is 289 g/mol. The first-order valence-electron chi connectivity index (χ1n) is 8.34. The van der Waals surface area contributed by atoms with E-state index in [0.29, 0.717) is 0 Å². The zero-order valence-corrected chi connectivity index (χ0v) is 14.4. The van der Waals surface area contributed by atoms with E-state index in [1.165, 1.54) is 42.8 Å². The fourth-order valence-electron chi connectivity index (χ4n) is 3.01. The molecule has 2 rings (SSSR count). The van der Waals surface area contributed by atoms with Crippen LogP contribution in [-0.2, 0) is 6.54 Å². The summed E-state index contributed by atoms with van der Waals surface area (Å²) in [6, 6.07) is 2.29. The molecule has 0 aromatic carbocycles. The van der Waals surface area contributed by atoms with Crippen LogP contribution in [0.1, 0.15) is 58.1 Å². The highest BCUT2D eigenvalue weighted by atomic mass is 15.2. The molecule has 0 amide bonds. The van der Waals surface area contributed by atoms with Crippen molar-refractivity contribution in [2.24, 2.45) is 5.92 Å². The minimum Gasteiger partial charge on any atom is -0.356 e. The van der Waals surface area contributed by atoms with Crippen LogP contribution >= 0.6 is 0 Å². The Labute approximate surface area is 130 Å². The summed E-state index contributed by atoms with van der Waals surface area (Å²) in [5.41, 5.74) is 2.73. The fourth-order valence-corrected chi connectivity index (χ4v) is 3.01. The van der Waals surface area contributed by atoms with Gasteiger partial charge in [-0.3, -0.25) is 0 Å². The Kier molecular flexibility index (Phi) is 5.26. The SMILES string of the molecule is CCC1CCCN(c2ncc(CNC(C)(C)C)cc2C)C1. The topological polar surface area (TPSA) is 28.2 Å². The molecule has 1 aromatic rings. The first kappa shape index (κ1) is 16.3. The summed E-state index contributed by atoms with van der Waals surface area (Å²) in [6.07, 6.45) is 5.99. The number of aromatic nitrogens is 1. The van der Waals surface area contributed by atoms with Gasteiger partial charge >= 0.3 is 0 Å². The minimum atomic E-state index is 0.147. The Morgan fingerprint density at radius 2 is 2.14 bits per heavy atom. The lowest BCUT2D eigenvalue weighted by atomic mass is 9.95. The van der Waals surface area contributed by atoms with Crippen LogP contribution in [0, 0.1) is 12.8 Å². The number of nitrogens with zero attached hydrogens (tertiary/aromatic N) is 2. The summed E-state index contributed by atoms with van der Waals surface area (Å²) >= 11 is 0. The summed E-state index contributed by atoms with van der Waals surface area (Å²) in [7, 11) is 0. The van der Waals surface area contributed by atoms with Crippen LogP contribution < -0.4 is 10.2 Å². The third-order valence-corrected chi connectivity index (χ3v) is 4.33. The van der Waals surface area contributed by atoms with Gasteiger partial charge in [0.2, 0.25) is 0 Å². The van der Waals surface area contributed by atoms with Crippen molar-refractivity contribution < 1.29 is 0 Å². The predicted molar refractivity (Wildman–Crippen MR) is 90.8 cm³/mol. The maximum atomic E-state index is 4.76. The summed E-state index contributed by atoms with van der Waals surface area (Å²) in [5, 5.41) is 3.53. The van der Waals surface area contributed by atoms with Gasteiger partial charge in [0.15, 0.2) is 0 Å². The number of anilines is 1. The highest BCUT2D eigenvalue weighted by Gasteiger charge is 2.20. The number of hydrogen-bond acceptors (Lipinski definition) is 3. The third-order valence-electron chi connectivity index (χ3n) is 4.33. The van der Waals surface area contributed by atoms with Gasteiger partial charge in [0, 0.05) is 31.4 Å². The zero-order chi connectivity index (χ0) is 15.5. The normalized spacial score (nSPS) is 19.9. The summed E-state index contributed by atoms with van der Waals surface area (Å²) < 4.78 is 0. The fraction of sp³-hybridized carbons (Fsp3) is 0.722. The van der Waals surface area contributed by atoms with Crippen LogP contribution in [0.15, 0.2) is 12.3 Å². The molecule has 1 aliphatic heterocycles. The van der Waals surface area contributed by atoms with Gasteiger partial charge in [-0.15, -0.1) is 0 Å². The van der Waals surface area contributed by atoms with Crippen molar-refractivity contribution in [1.82, 2.24) is 10.3 Å². The molecule has 118 valence electrons. The first-order valence-corrected chi connectivity index (χ1v) is 8.34. The van der Waals surface area contributed by atoms with Gasteiger partial charge in [0.05, 0.1) is 0 Å². The van der Waals surface area contributed by atoms with E-state index in [4.69, 9.17) is 4.98 Å². The molecule has 0 saturated carbocycles. The molecule has 0 spiro atoms. The van der Waals surface area contributed by atoms with Gasteiger partial charge in [-0.2, -0.15) is 0 Å². The molecule has 3 nitrogen and oxygen atoms in total. The van der Waals surface area contributed by atoms with Crippen molar-refractivity contribution in [3.63, 3.8) is 0 Å². The Balaban J connectivity index is 2.05. The van der Waals surface area contributed by atoms with Gasteiger partial charge in [-0.05, 0) is 63.6 Å². The molecule has 0 aliphatic carbocycles. The molecule has 3 heteroatoms. The van der Waals surface area contributed by atoms with E-state index < -0.39 is 0 Å². The van der Waals surface area contributed by atoms with Gasteiger partial charge in [0.1, 0.15) is 5.82 Å². The maximum absolute atomic E-state index is 4.76. The molecule has 21 heavy (non-hydrogen) atoms. The largest absolute Gasteiger partial charge is 0.356 e. The van der Waals surface area contributed by atoms with E-state index in [9.17, 15) is 0 Å². The lowest BCUT2D eigenvalue weighted by Gasteiger charge is -2.34. The molecule has 0 bridgehead atoms. The number of aryl methyl sites for hydroxylation is 1. The van der Waals surface area contributed by atoms with E-state index in [0.717, 1.165) is 19.0 Å². The van der Waals surface area contributed by atoms with Crippen LogP contribution in [0.2, 0.25) is 0 Å². The molecule has 1 aromatic heterocycles. The number of piperidine rings is 1. The van der Waals surface area contributed by atoms with Crippen molar-refractivity contribution in [1.29, 1.82) is 0 Å². The molecule has 1 atom stereocenters. The number of nitrogens with one attached hydrogen (secondary N) is 1. The molecule has 1 fully saturated rings. The number of hydrogen-bond donors (Lipinski definition) is 1. The van der Waals surface area contributed by atoms with E-state index >= 15 is 0 Å². The average Bonchev–Trinajstić information content (AvgIpc) is 2.44. The highest BCUT2D eigenvalue weighted by molar-refractivity contribution is 5.47. The van der Waals surface area contributed by atoms with Crippen LogP contribution in [0.4, 0.5) is 5.82 Å². The van der Waals surface area contributed by atoms with E-state index in [-0.39, 0.29) is 5.54 Å². The molecular formula is C18H31N3. The van der Waals surface area contributed by atoms with Crippen molar-refractivity contribution in [2.75, 3.05) is 18.0 Å². The Hall–Kier alpha value is -1.09. The summed E-state index contributed by atoms with van der Waals surface area (Å²) in [4.78, 5) is 7.24. The second-order valence-electron chi connectivity index (χ2n) is 7.45. The van der Waals surface area contributed by atoms with E-state index in [1.807, 2.05) is 6.20 Å². The van der Waals surface area contributed by atoms with Crippen LogP contribution in [-0.4, -0.2) is 23.6 Å². The standard InChI is InChI=1S/C18H31N3/c1-6-15-8-7-9-21(13-15)17-14(2)10-16(11-19-17)12-20-18(3,4)5/h10-11,15,20H,6-9,12-13H2,1-5H3. The zero-order valence-electron chi connectivity index (χ0n) is 14.4. The smallest absolute Gasteiger partial charge is 0.131 e. The molecule has 1 unspecified atom stereocenters. The molecule has 1 N–H and O–H groups in total. The quantitative estimate of drug-likeness (QED) is 0.911. The third kappa shape index (κ3) is 4.70. The molecule has 2 heterocycles. The van der Waals surface area contributed by atoms with Crippen molar-refractivity contribution >= 4 is 5.82 Å². The van der Waals surface area contributed by atoms with Crippen LogP contribution in [0.3, 0.4) is 0 Å². The number of rotatable bonds is 4. The summed E-state index contributed by atoms with van der Waals surface area (Å²) in [6.45, 7) is 14.3. The van der Waals surface area contributed by atoms with Crippen molar-refractivity contribution in [3.8, 4) is 0 Å². The van der Waals surface area contributed by atoms with Gasteiger partial charge in [-0.25, -0.2) is 4.98 Å². The van der Waals surface area contributed by atoms with Crippen molar-refractivity contribution in [2.45, 2.75) is 66.0 Å². The number of pyridine rings is 1. The van der Waals surface area contributed by atoms with E-state index in [2.05, 4.69) is 50.9 Å². The van der Waals surface area contributed by atoms with Crippen molar-refractivity contribution in [3.05, 3.63) is 23.4 Å². The molecule has 0 radical (unpaired) electrons. The Morgan fingerprint density at radius 3 is 2.76 bits per heavy atom. The molecule has 1 aliphatic rings. The van der Waals surface area contributed by atoms with Crippen LogP contribution in [0.25, 0.3) is 0 Å². The molecule has 1 saturated heterocycles. The summed E-state index contributed by atoms with van der Waals surface area (Å²) in [5.74, 6) is 2.02. The van der Waals surface area contributed by atoms with Gasteiger partial charge in [0.25, 0.3) is 0 Å². The Morgan fingerprint density at radius 1 is 1.38 bits per heavy atom. The van der Waals surface area contributed by atoms with Gasteiger partial charge < -0.3 is 10.2 Å². The molecular weight excluding hydrogens is 258 g/mol. The lowest BCUT2D eigenvalue weighted by Crippen LogP contribution is -2.36. The Bertz CT molecular complexity index is 462. The minimum absolute atomic E-state index is 0.147. The monoisotopic (exact) mass is 289 g/mol. The maximum Gasteiger partial charge on any atom is 0.131 e. The van der Waals surface area contributed by atoms with E-state index in [1.54, 1.807) is 0 Å². The first-order chi connectivity index (χ1) is 9.89. The second kappa shape index (κ2) is 6.78. The lowest BCUT2D eigenvalue weighted by molar-refractivity contribution is 0.402. The highest BCUT2D eigenvalue weighted by Crippen LogP contribution is 2.26. The van der Waals surface area contributed by atoms with Gasteiger partial charge in [-0.1, -0.05) is 13.3 Å². The predicted octanol–water partition coefficient (Wildman–Crippen LogP) is 3.90. The second-order valence-corrected chi connectivity index (χ2v) is 7.45. The van der Waals surface area contributed by atoms with Crippen LogP contribution in [0.5, 0.6) is 0 Å².